The third-order valence-corrected chi connectivity index (χ3v) is 9.86. The maximum absolute atomic E-state index is 14.2. The summed E-state index contributed by atoms with van der Waals surface area (Å²) in [5.41, 5.74) is 3.80. The van der Waals surface area contributed by atoms with Gasteiger partial charge in [0.05, 0.1) is 16.8 Å². The van der Waals surface area contributed by atoms with Gasteiger partial charge in [0.1, 0.15) is 4.83 Å². The van der Waals surface area contributed by atoms with E-state index in [4.69, 9.17) is 0 Å². The highest BCUT2D eigenvalue weighted by atomic mass is 32.2. The first-order valence-electron chi connectivity index (χ1n) is 13.0. The van der Waals surface area contributed by atoms with Gasteiger partial charge in [-0.2, -0.15) is 0 Å². The van der Waals surface area contributed by atoms with Crippen molar-refractivity contribution in [3.8, 4) is 5.69 Å². The molecule has 8 heteroatoms. The minimum Gasteiger partial charge on any atom is -0.293 e. The highest BCUT2D eigenvalue weighted by molar-refractivity contribution is 7.99. The summed E-state index contributed by atoms with van der Waals surface area (Å²) in [6, 6.07) is 17.2. The number of rotatable bonds is 5. The van der Waals surface area contributed by atoms with Gasteiger partial charge in [-0.15, -0.1) is 21.5 Å². The normalized spacial score (nSPS) is 15.7. The molecule has 2 aromatic carbocycles. The summed E-state index contributed by atoms with van der Waals surface area (Å²) in [7, 11) is 0. The highest BCUT2D eigenvalue weighted by Crippen LogP contribution is 2.43. The van der Waals surface area contributed by atoms with E-state index in [-0.39, 0.29) is 22.5 Å². The first kappa shape index (κ1) is 25.1. The van der Waals surface area contributed by atoms with Crippen LogP contribution in [0.4, 0.5) is 0 Å². The van der Waals surface area contributed by atoms with Crippen LogP contribution in [0.1, 0.15) is 53.6 Å². The lowest BCUT2D eigenvalue weighted by Gasteiger charge is -2.33. The van der Waals surface area contributed by atoms with Crippen molar-refractivity contribution in [2.24, 2.45) is 11.3 Å². The number of para-hydroxylation sites is 1. The number of aromatic nitrogens is 4. The molecule has 0 N–H and O–H groups in total. The predicted molar refractivity (Wildman–Crippen MR) is 155 cm³/mol. The van der Waals surface area contributed by atoms with Gasteiger partial charge in [0.25, 0.3) is 5.56 Å². The number of benzene rings is 2. The van der Waals surface area contributed by atoms with E-state index in [1.54, 1.807) is 15.9 Å². The minimum absolute atomic E-state index is 0.0364. The first-order chi connectivity index (χ1) is 18.2. The average Bonchev–Trinajstić information content (AvgIpc) is 3.49. The number of thioether (sulfide) groups is 1. The molecular weight excluding hydrogens is 512 g/mol. The fourth-order valence-electron chi connectivity index (χ4n) is 5.44. The number of hydrogen-bond donors (Lipinski definition) is 0. The van der Waals surface area contributed by atoms with E-state index in [2.05, 4.69) is 31.0 Å². The van der Waals surface area contributed by atoms with E-state index >= 15 is 0 Å². The van der Waals surface area contributed by atoms with E-state index in [9.17, 15) is 9.59 Å². The molecule has 0 unspecified atom stereocenters. The smallest absolute Gasteiger partial charge is 0.268 e. The van der Waals surface area contributed by atoms with Gasteiger partial charge in [-0.1, -0.05) is 81.1 Å². The third-order valence-electron chi connectivity index (χ3n) is 7.69. The van der Waals surface area contributed by atoms with Gasteiger partial charge in [-0.3, -0.25) is 9.59 Å². The largest absolute Gasteiger partial charge is 0.293 e. The number of aryl methyl sites for hydroxylation is 2. The number of hydrogen-bond acceptors (Lipinski definition) is 6. The van der Waals surface area contributed by atoms with Gasteiger partial charge in [0.15, 0.2) is 10.9 Å². The Balaban J connectivity index is 1.55. The lowest BCUT2D eigenvalue weighted by atomic mass is 9.72. The quantitative estimate of drug-likeness (QED) is 0.187. The first-order valence-corrected chi connectivity index (χ1v) is 14.8. The molecule has 1 aliphatic carbocycles. The van der Waals surface area contributed by atoms with Crippen LogP contribution in [0.5, 0.6) is 0 Å². The van der Waals surface area contributed by atoms with Gasteiger partial charge in [-0.05, 0) is 54.7 Å². The van der Waals surface area contributed by atoms with Crippen molar-refractivity contribution < 1.29 is 4.79 Å². The Kier molecular flexibility index (Phi) is 6.27. The summed E-state index contributed by atoms with van der Waals surface area (Å²) in [4.78, 5) is 29.3. The Labute approximate surface area is 229 Å². The summed E-state index contributed by atoms with van der Waals surface area (Å²) < 4.78 is 3.71. The van der Waals surface area contributed by atoms with Crippen LogP contribution in [0.25, 0.3) is 21.7 Å². The van der Waals surface area contributed by atoms with Crippen molar-refractivity contribution >= 4 is 44.9 Å². The maximum atomic E-state index is 14.2. The fourth-order valence-corrected chi connectivity index (χ4v) is 7.74. The number of carbonyl (C=O) groups excluding carboxylic acids is 1. The molecule has 6 rings (SSSR count). The summed E-state index contributed by atoms with van der Waals surface area (Å²) in [6.45, 7) is 8.91. The van der Waals surface area contributed by atoms with E-state index in [0.29, 0.717) is 22.4 Å². The lowest BCUT2D eigenvalue weighted by Crippen LogP contribution is -2.27. The molecule has 0 spiro atoms. The van der Waals surface area contributed by atoms with Gasteiger partial charge < -0.3 is 0 Å². The van der Waals surface area contributed by atoms with E-state index < -0.39 is 0 Å². The van der Waals surface area contributed by atoms with Gasteiger partial charge >= 0.3 is 0 Å². The van der Waals surface area contributed by atoms with Crippen molar-refractivity contribution in [3.05, 3.63) is 86.5 Å². The zero-order valence-electron chi connectivity index (χ0n) is 22.0. The molecule has 0 radical (unpaired) electrons. The predicted octanol–water partition coefficient (Wildman–Crippen LogP) is 6.53. The molecule has 1 atom stereocenters. The average molecular weight is 543 g/mol. The molecule has 3 heterocycles. The zero-order valence-corrected chi connectivity index (χ0v) is 23.7. The molecule has 0 amide bonds. The Morgan fingerprint density at radius 3 is 2.55 bits per heavy atom. The second-order valence-electron chi connectivity index (χ2n) is 11.1. The Bertz CT molecular complexity index is 1740. The van der Waals surface area contributed by atoms with Crippen molar-refractivity contribution in [1.29, 1.82) is 0 Å². The van der Waals surface area contributed by atoms with Crippen LogP contribution in [0, 0.1) is 18.3 Å². The third kappa shape index (κ3) is 4.20. The highest BCUT2D eigenvalue weighted by Gasteiger charge is 2.33. The van der Waals surface area contributed by atoms with E-state index in [0.717, 1.165) is 40.7 Å². The Hall–Kier alpha value is -3.23. The number of nitrogens with zero attached hydrogens (tertiary/aromatic N) is 4. The van der Waals surface area contributed by atoms with Crippen molar-refractivity contribution in [2.45, 2.75) is 52.1 Å². The minimum atomic E-state index is -0.0437. The molecule has 0 aliphatic heterocycles. The number of ketones is 1. The molecule has 6 nitrogen and oxygen atoms in total. The fraction of sp³-hybridized carbons (Fsp3) is 0.333. The second kappa shape index (κ2) is 9.50. The molecule has 0 saturated heterocycles. The summed E-state index contributed by atoms with van der Waals surface area (Å²) in [5, 5.41) is 10.4. The van der Waals surface area contributed by atoms with Crippen molar-refractivity contribution in [1.82, 2.24) is 19.2 Å². The molecule has 0 saturated carbocycles. The van der Waals surface area contributed by atoms with Crippen molar-refractivity contribution in [3.63, 3.8) is 0 Å². The van der Waals surface area contributed by atoms with Crippen LogP contribution in [0.2, 0.25) is 0 Å². The van der Waals surface area contributed by atoms with Crippen LogP contribution in [0.3, 0.4) is 0 Å². The molecular formula is C30H30N4O2S2. The number of Topliss-reactive ketones (excluding diaryl/α,β-unsaturated/α-hetero) is 1. The summed E-state index contributed by atoms with van der Waals surface area (Å²) >= 11 is 3.06. The van der Waals surface area contributed by atoms with Crippen LogP contribution in [0.15, 0.2) is 64.5 Å². The van der Waals surface area contributed by atoms with Crippen LogP contribution in [-0.4, -0.2) is 30.7 Å². The van der Waals surface area contributed by atoms with Gasteiger partial charge in [0, 0.05) is 10.4 Å². The topological polar surface area (TPSA) is 69.3 Å². The number of carbonyl (C=O) groups is 1. The van der Waals surface area contributed by atoms with Crippen LogP contribution >= 0.6 is 23.1 Å². The standard InChI is InChI=1S/C30H30N4O2S2/c1-18-10-8-9-13-22(18)33-26(36)25-21-15-14-20(30(2,3)4)16-24(21)38-27(25)34-28(33)31-32-29(34)37-17-23(35)19-11-6-5-7-12-19/h5-13,20H,14-17H2,1-4H3/t20-/m1/s1. The molecule has 1 aliphatic rings. The number of fused-ring (bicyclic) bond motifs is 5. The number of thiophene rings is 1. The SMILES string of the molecule is Cc1ccccc1-n1c(=O)c2c3c(sc2n2c(SCC(=O)c4ccccc4)nnc12)C[C@H](C(C)(C)C)CC3. The molecule has 38 heavy (non-hydrogen) atoms. The Morgan fingerprint density at radius 2 is 1.82 bits per heavy atom. The molecule has 3 aromatic heterocycles. The van der Waals surface area contributed by atoms with Gasteiger partial charge in [0.2, 0.25) is 5.78 Å². The van der Waals surface area contributed by atoms with Crippen LogP contribution < -0.4 is 5.56 Å². The van der Waals surface area contributed by atoms with Crippen molar-refractivity contribution in [2.75, 3.05) is 5.75 Å². The molecule has 194 valence electrons. The summed E-state index contributed by atoms with van der Waals surface area (Å²) in [6.07, 6.45) is 2.93. The molecule has 0 bridgehead atoms. The lowest BCUT2D eigenvalue weighted by molar-refractivity contribution is 0.102. The summed E-state index contributed by atoms with van der Waals surface area (Å²) in [5.74, 6) is 1.33. The zero-order chi connectivity index (χ0) is 26.6. The van der Waals surface area contributed by atoms with E-state index in [1.807, 2.05) is 65.9 Å². The maximum Gasteiger partial charge on any atom is 0.268 e. The van der Waals surface area contributed by atoms with E-state index in [1.165, 1.54) is 22.2 Å². The molecule has 0 fully saturated rings. The molecule has 5 aromatic rings. The Morgan fingerprint density at radius 1 is 1.08 bits per heavy atom. The monoisotopic (exact) mass is 542 g/mol. The van der Waals surface area contributed by atoms with Crippen LogP contribution in [-0.2, 0) is 12.8 Å². The van der Waals surface area contributed by atoms with Gasteiger partial charge in [-0.25, -0.2) is 8.97 Å². The second-order valence-corrected chi connectivity index (χ2v) is 13.1.